The van der Waals surface area contributed by atoms with Crippen molar-refractivity contribution in [1.82, 2.24) is 19.9 Å². The average Bonchev–Trinajstić information content (AvgIpc) is 3.17. The van der Waals surface area contributed by atoms with E-state index in [1.54, 1.807) is 0 Å². The Morgan fingerprint density at radius 2 is 2.08 bits per heavy atom. The van der Waals surface area contributed by atoms with Gasteiger partial charge in [0, 0.05) is 19.6 Å². The number of carboxylic acid groups (broad SMARTS) is 1. The number of carboxylic acids is 1. The van der Waals surface area contributed by atoms with Gasteiger partial charge in [0.25, 0.3) is 0 Å². The molecule has 0 radical (unpaired) electrons. The third-order valence-corrected chi connectivity index (χ3v) is 4.52. The van der Waals surface area contributed by atoms with E-state index in [4.69, 9.17) is 16.7 Å². The fraction of sp³-hybridized carbons (Fsp3) is 0.400. The first kappa shape index (κ1) is 18.6. The Balaban J connectivity index is 1.73. The highest BCUT2D eigenvalue weighted by Crippen LogP contribution is 2.38. The minimum absolute atomic E-state index is 0.0191. The number of rotatable bonds is 4. The maximum Gasteiger partial charge on any atom is 0.393 e. The molecule has 0 unspecified atom stereocenters. The lowest BCUT2D eigenvalue weighted by Gasteiger charge is -2.18. The maximum absolute atomic E-state index is 13.2. The van der Waals surface area contributed by atoms with E-state index >= 15 is 0 Å². The SMILES string of the molecule is O=C(O)[C@@H]1CN(Cc2cn(-c3ccc(F)c(Cl)c3)nn2)C[C@H]1C(F)(F)F. The molecule has 2 aromatic rings. The van der Waals surface area contributed by atoms with E-state index in [1.165, 1.54) is 27.9 Å². The molecule has 11 heteroatoms. The van der Waals surface area contributed by atoms with Crippen molar-refractivity contribution in [3.05, 3.63) is 40.9 Å². The first-order chi connectivity index (χ1) is 12.1. The molecule has 1 saturated heterocycles. The number of hydrogen-bond acceptors (Lipinski definition) is 4. The van der Waals surface area contributed by atoms with Gasteiger partial charge < -0.3 is 5.11 Å². The topological polar surface area (TPSA) is 71.2 Å². The molecule has 6 nitrogen and oxygen atoms in total. The lowest BCUT2D eigenvalue weighted by atomic mass is 9.96. The highest BCUT2D eigenvalue weighted by molar-refractivity contribution is 6.30. The summed E-state index contributed by atoms with van der Waals surface area (Å²) in [5.74, 6) is -5.50. The molecule has 1 aliphatic rings. The summed E-state index contributed by atoms with van der Waals surface area (Å²) >= 11 is 5.71. The van der Waals surface area contributed by atoms with Crippen molar-refractivity contribution in [2.75, 3.05) is 13.1 Å². The molecule has 1 aromatic heterocycles. The van der Waals surface area contributed by atoms with E-state index in [9.17, 15) is 22.4 Å². The van der Waals surface area contributed by atoms with Crippen LogP contribution in [0.2, 0.25) is 5.02 Å². The summed E-state index contributed by atoms with van der Waals surface area (Å²) in [4.78, 5) is 12.5. The van der Waals surface area contributed by atoms with Crippen molar-refractivity contribution in [3.8, 4) is 5.69 Å². The first-order valence-electron chi connectivity index (χ1n) is 7.53. The molecule has 3 rings (SSSR count). The van der Waals surface area contributed by atoms with Gasteiger partial charge >= 0.3 is 12.1 Å². The molecular weight excluding hydrogens is 380 g/mol. The number of benzene rings is 1. The maximum atomic E-state index is 13.2. The normalized spacial score (nSPS) is 21.3. The van der Waals surface area contributed by atoms with Gasteiger partial charge in [-0.3, -0.25) is 9.69 Å². The lowest BCUT2D eigenvalue weighted by molar-refractivity contribution is -0.188. The summed E-state index contributed by atoms with van der Waals surface area (Å²) in [5.41, 5.74) is 0.797. The fourth-order valence-corrected chi connectivity index (χ4v) is 3.12. The first-order valence-corrected chi connectivity index (χ1v) is 7.91. The van der Waals surface area contributed by atoms with Crippen LogP contribution >= 0.6 is 11.6 Å². The Morgan fingerprint density at radius 3 is 2.65 bits per heavy atom. The zero-order chi connectivity index (χ0) is 19.1. The molecule has 0 aliphatic carbocycles. The number of aliphatic carboxylic acids is 1. The van der Waals surface area contributed by atoms with Crippen molar-refractivity contribution in [3.63, 3.8) is 0 Å². The molecule has 0 spiro atoms. The molecule has 1 fully saturated rings. The predicted molar refractivity (Wildman–Crippen MR) is 82.3 cm³/mol. The second-order valence-corrected chi connectivity index (χ2v) is 6.45. The third kappa shape index (κ3) is 3.80. The summed E-state index contributed by atoms with van der Waals surface area (Å²) in [6.07, 6.45) is -3.11. The second kappa shape index (κ2) is 6.84. The van der Waals surface area contributed by atoms with Gasteiger partial charge in [-0.25, -0.2) is 9.07 Å². The summed E-state index contributed by atoms with van der Waals surface area (Å²) in [7, 11) is 0. The molecule has 26 heavy (non-hydrogen) atoms. The second-order valence-electron chi connectivity index (χ2n) is 6.04. The van der Waals surface area contributed by atoms with Crippen LogP contribution in [-0.2, 0) is 11.3 Å². The minimum atomic E-state index is -4.58. The molecule has 1 N–H and O–H groups in total. The van der Waals surface area contributed by atoms with Crippen LogP contribution in [0.25, 0.3) is 5.69 Å². The van der Waals surface area contributed by atoms with Gasteiger partial charge in [0.05, 0.1) is 34.4 Å². The quantitative estimate of drug-likeness (QED) is 0.810. The van der Waals surface area contributed by atoms with Crippen LogP contribution in [0.4, 0.5) is 17.6 Å². The largest absolute Gasteiger partial charge is 0.481 e. The van der Waals surface area contributed by atoms with Crippen molar-refractivity contribution >= 4 is 17.6 Å². The molecule has 2 heterocycles. The molecule has 140 valence electrons. The van der Waals surface area contributed by atoms with Gasteiger partial charge in [0.1, 0.15) is 5.82 Å². The van der Waals surface area contributed by atoms with Gasteiger partial charge in [-0.05, 0) is 18.2 Å². The zero-order valence-corrected chi connectivity index (χ0v) is 13.9. The van der Waals surface area contributed by atoms with Crippen molar-refractivity contribution in [2.24, 2.45) is 11.8 Å². The number of nitrogens with zero attached hydrogens (tertiary/aromatic N) is 4. The fourth-order valence-electron chi connectivity index (χ4n) is 2.95. The van der Waals surface area contributed by atoms with Crippen LogP contribution in [0, 0.1) is 17.7 Å². The van der Waals surface area contributed by atoms with E-state index in [0.717, 1.165) is 6.07 Å². The number of hydrogen-bond donors (Lipinski definition) is 1. The number of halogens is 5. The van der Waals surface area contributed by atoms with Crippen LogP contribution in [0.5, 0.6) is 0 Å². The predicted octanol–water partition coefficient (Wildman–Crippen LogP) is 2.75. The van der Waals surface area contributed by atoms with E-state index in [1.807, 2.05) is 0 Å². The van der Waals surface area contributed by atoms with Gasteiger partial charge in [-0.15, -0.1) is 5.10 Å². The Hall–Kier alpha value is -2.20. The number of likely N-dealkylation sites (tertiary alicyclic amines) is 1. The molecule has 0 bridgehead atoms. The lowest BCUT2D eigenvalue weighted by Crippen LogP contribution is -2.33. The number of carbonyl (C=O) groups is 1. The summed E-state index contributed by atoms with van der Waals surface area (Å²) in [6, 6.07) is 3.92. The highest BCUT2D eigenvalue weighted by Gasteiger charge is 2.52. The Morgan fingerprint density at radius 1 is 1.35 bits per heavy atom. The van der Waals surface area contributed by atoms with Gasteiger partial charge in [0.2, 0.25) is 0 Å². The van der Waals surface area contributed by atoms with Gasteiger partial charge in [0.15, 0.2) is 0 Å². The van der Waals surface area contributed by atoms with Crippen LogP contribution in [0.15, 0.2) is 24.4 Å². The summed E-state index contributed by atoms with van der Waals surface area (Å²) in [5, 5.41) is 16.6. The molecule has 1 aromatic carbocycles. The molecule has 0 amide bonds. The zero-order valence-electron chi connectivity index (χ0n) is 13.1. The van der Waals surface area contributed by atoms with E-state index in [2.05, 4.69) is 10.3 Å². The standard InChI is InChI=1S/C15H13ClF4N4O2/c16-12-3-9(1-2-13(12)17)24-5-8(21-22-24)4-23-6-10(14(25)26)11(7-23)15(18,19)20/h1-3,5,10-11H,4,6-7H2,(H,25,26)/t10-,11-/m1/s1. The van der Waals surface area contributed by atoms with Gasteiger partial charge in [-0.2, -0.15) is 13.2 Å². The molecule has 1 aliphatic heterocycles. The summed E-state index contributed by atoms with van der Waals surface area (Å²) in [6.45, 7) is -0.629. The molecular formula is C15H13ClF4N4O2. The van der Waals surface area contributed by atoms with Crippen LogP contribution < -0.4 is 0 Å². The average molecular weight is 393 g/mol. The van der Waals surface area contributed by atoms with Crippen molar-refractivity contribution in [2.45, 2.75) is 12.7 Å². The van der Waals surface area contributed by atoms with Crippen molar-refractivity contribution in [1.29, 1.82) is 0 Å². The Bertz CT molecular complexity index is 826. The smallest absolute Gasteiger partial charge is 0.393 e. The van der Waals surface area contributed by atoms with Crippen LogP contribution in [-0.4, -0.2) is 50.2 Å². The van der Waals surface area contributed by atoms with E-state index in [-0.39, 0.29) is 18.1 Å². The van der Waals surface area contributed by atoms with Gasteiger partial charge in [-0.1, -0.05) is 16.8 Å². The number of aromatic nitrogens is 3. The Kier molecular flexibility index (Phi) is 4.89. The van der Waals surface area contributed by atoms with Crippen LogP contribution in [0.3, 0.4) is 0 Å². The molecule has 0 saturated carbocycles. The summed E-state index contributed by atoms with van der Waals surface area (Å²) < 4.78 is 53.6. The monoisotopic (exact) mass is 392 g/mol. The third-order valence-electron chi connectivity index (χ3n) is 4.23. The van der Waals surface area contributed by atoms with Crippen molar-refractivity contribution < 1.29 is 27.5 Å². The minimum Gasteiger partial charge on any atom is -0.481 e. The number of alkyl halides is 3. The molecule has 2 atom stereocenters. The van der Waals surface area contributed by atoms with E-state index in [0.29, 0.717) is 11.4 Å². The Labute approximate surface area is 150 Å². The van der Waals surface area contributed by atoms with Crippen LogP contribution in [0.1, 0.15) is 5.69 Å². The highest BCUT2D eigenvalue weighted by atomic mass is 35.5. The van der Waals surface area contributed by atoms with E-state index < -0.39 is 36.3 Å².